The van der Waals surface area contributed by atoms with Crippen molar-refractivity contribution in [1.29, 1.82) is 0 Å². The summed E-state index contributed by atoms with van der Waals surface area (Å²) in [5, 5.41) is 9.59. The number of benzene rings is 2. The van der Waals surface area contributed by atoms with Crippen LogP contribution in [0.4, 0.5) is 4.39 Å². The van der Waals surface area contributed by atoms with Crippen molar-refractivity contribution in [1.82, 2.24) is 19.7 Å². The van der Waals surface area contributed by atoms with Crippen LogP contribution in [0.3, 0.4) is 0 Å². The Morgan fingerprint density at radius 3 is 2.59 bits per heavy atom. The fourth-order valence-corrected chi connectivity index (χ4v) is 4.53. The molecule has 1 aliphatic heterocycles. The Balaban J connectivity index is 1.36. The molecule has 5 rings (SSSR count). The third-order valence-electron chi connectivity index (χ3n) is 5.43. The van der Waals surface area contributed by atoms with Crippen molar-refractivity contribution in [2.45, 2.75) is 43.3 Å². The number of aryl methyl sites for hydroxylation is 1. The van der Waals surface area contributed by atoms with E-state index in [2.05, 4.69) is 19.7 Å². The first-order valence-corrected chi connectivity index (χ1v) is 11.6. The van der Waals surface area contributed by atoms with Gasteiger partial charge in [-0.05, 0) is 56.2 Å². The van der Waals surface area contributed by atoms with Crippen molar-refractivity contribution < 1.29 is 13.5 Å². The van der Waals surface area contributed by atoms with Gasteiger partial charge in [-0.3, -0.25) is 4.57 Å². The Kier molecular flexibility index (Phi) is 6.05. The van der Waals surface area contributed by atoms with Crippen molar-refractivity contribution in [3.8, 4) is 22.8 Å². The van der Waals surface area contributed by atoms with E-state index in [0.717, 1.165) is 41.4 Å². The summed E-state index contributed by atoms with van der Waals surface area (Å²) in [6.45, 7) is 3.49. The van der Waals surface area contributed by atoms with Gasteiger partial charge >= 0.3 is 0 Å². The van der Waals surface area contributed by atoms with E-state index in [4.69, 9.17) is 9.15 Å². The van der Waals surface area contributed by atoms with Crippen molar-refractivity contribution >= 4 is 11.8 Å². The Morgan fingerprint density at radius 2 is 1.84 bits per heavy atom. The van der Waals surface area contributed by atoms with Crippen LogP contribution in [0, 0.1) is 12.7 Å². The molecule has 2 aromatic heterocycles. The smallest absolute Gasteiger partial charge is 0.226 e. The third kappa shape index (κ3) is 4.61. The molecule has 3 heterocycles. The normalized spacial score (nSPS) is 16.0. The highest BCUT2D eigenvalue weighted by atomic mass is 32.2. The average Bonchev–Trinajstić information content (AvgIpc) is 3.56. The van der Waals surface area contributed by atoms with Crippen molar-refractivity contribution in [3.63, 3.8) is 0 Å². The molecule has 32 heavy (non-hydrogen) atoms. The van der Waals surface area contributed by atoms with Crippen LogP contribution in [-0.4, -0.2) is 32.5 Å². The third-order valence-corrected chi connectivity index (χ3v) is 6.43. The van der Waals surface area contributed by atoms with Gasteiger partial charge in [-0.25, -0.2) is 9.37 Å². The van der Waals surface area contributed by atoms with Gasteiger partial charge in [0.2, 0.25) is 5.89 Å². The Labute approximate surface area is 189 Å². The molecule has 1 aliphatic rings. The van der Waals surface area contributed by atoms with Crippen LogP contribution in [0.5, 0.6) is 0 Å². The average molecular weight is 451 g/mol. The van der Waals surface area contributed by atoms with Gasteiger partial charge in [0, 0.05) is 23.5 Å². The van der Waals surface area contributed by atoms with Gasteiger partial charge in [0.1, 0.15) is 12.1 Å². The summed E-state index contributed by atoms with van der Waals surface area (Å²) in [7, 11) is 0. The Bertz CT molecular complexity index is 1180. The van der Waals surface area contributed by atoms with E-state index >= 15 is 0 Å². The predicted molar refractivity (Wildman–Crippen MR) is 121 cm³/mol. The maximum Gasteiger partial charge on any atom is 0.226 e. The van der Waals surface area contributed by atoms with Crippen LogP contribution in [-0.2, 0) is 17.0 Å². The maximum absolute atomic E-state index is 13.4. The number of oxazole rings is 1. The van der Waals surface area contributed by atoms with Crippen LogP contribution in [0.2, 0.25) is 0 Å². The number of halogens is 1. The van der Waals surface area contributed by atoms with Gasteiger partial charge in [0.25, 0.3) is 0 Å². The standard InChI is InChI=1S/C24H23FN4O2S/c1-16-4-6-18(7-5-16)23-26-20(14-31-23)15-32-24-28-27-22(17-8-10-19(25)11-9-17)29(24)13-21-3-2-12-30-21/h4-11,14,21H,2-3,12-13,15H2,1H3. The van der Waals surface area contributed by atoms with E-state index < -0.39 is 0 Å². The van der Waals surface area contributed by atoms with E-state index in [1.807, 2.05) is 31.2 Å². The van der Waals surface area contributed by atoms with Gasteiger partial charge < -0.3 is 9.15 Å². The summed E-state index contributed by atoms with van der Waals surface area (Å²) in [6.07, 6.45) is 3.88. The number of hydrogen-bond acceptors (Lipinski definition) is 6. The molecule has 0 aliphatic carbocycles. The lowest BCUT2D eigenvalue weighted by Gasteiger charge is -2.14. The first-order valence-electron chi connectivity index (χ1n) is 10.6. The van der Waals surface area contributed by atoms with Gasteiger partial charge in [0.15, 0.2) is 11.0 Å². The number of nitrogens with zero attached hydrogens (tertiary/aromatic N) is 4. The molecule has 8 heteroatoms. The first kappa shape index (κ1) is 20.9. The van der Waals surface area contributed by atoms with Crippen LogP contribution < -0.4 is 0 Å². The quantitative estimate of drug-likeness (QED) is 0.346. The second kappa shape index (κ2) is 9.26. The molecule has 0 bridgehead atoms. The molecule has 1 saturated heterocycles. The highest BCUT2D eigenvalue weighted by Crippen LogP contribution is 2.29. The molecular weight excluding hydrogens is 427 g/mol. The molecular formula is C24H23FN4O2S. The lowest BCUT2D eigenvalue weighted by atomic mass is 10.1. The maximum atomic E-state index is 13.4. The summed E-state index contributed by atoms with van der Waals surface area (Å²) in [6, 6.07) is 14.4. The highest BCUT2D eigenvalue weighted by Gasteiger charge is 2.22. The van der Waals surface area contributed by atoms with Crippen LogP contribution >= 0.6 is 11.8 Å². The monoisotopic (exact) mass is 450 g/mol. The SMILES string of the molecule is Cc1ccc(-c2nc(CSc3nnc(-c4ccc(F)cc4)n3CC3CCCO3)co2)cc1. The van der Waals surface area contributed by atoms with Crippen molar-refractivity contribution in [2.24, 2.45) is 0 Å². The zero-order valence-electron chi connectivity index (χ0n) is 17.7. The molecule has 0 amide bonds. The molecule has 0 N–H and O–H groups in total. The fourth-order valence-electron chi connectivity index (χ4n) is 3.71. The molecule has 164 valence electrons. The molecule has 0 saturated carbocycles. The largest absolute Gasteiger partial charge is 0.444 e. The van der Waals surface area contributed by atoms with E-state index in [1.54, 1.807) is 30.2 Å². The van der Waals surface area contributed by atoms with Crippen LogP contribution in [0.25, 0.3) is 22.8 Å². The zero-order valence-corrected chi connectivity index (χ0v) is 18.5. The number of aromatic nitrogens is 4. The summed E-state index contributed by atoms with van der Waals surface area (Å²) >= 11 is 1.55. The molecule has 0 radical (unpaired) electrons. The number of rotatable bonds is 7. The van der Waals surface area contributed by atoms with Crippen LogP contribution in [0.1, 0.15) is 24.1 Å². The second-order valence-electron chi connectivity index (χ2n) is 7.86. The molecule has 2 aromatic carbocycles. The minimum absolute atomic E-state index is 0.129. The number of hydrogen-bond donors (Lipinski definition) is 0. The topological polar surface area (TPSA) is 66.0 Å². The number of ether oxygens (including phenoxy) is 1. The molecule has 0 spiro atoms. The van der Waals surface area contributed by atoms with Crippen molar-refractivity contribution in [2.75, 3.05) is 6.61 Å². The Morgan fingerprint density at radius 1 is 1.06 bits per heavy atom. The molecule has 1 unspecified atom stereocenters. The lowest BCUT2D eigenvalue weighted by Crippen LogP contribution is -2.16. The first-order chi connectivity index (χ1) is 15.7. The summed E-state index contributed by atoms with van der Waals surface area (Å²) < 4.78 is 27.0. The van der Waals surface area contributed by atoms with E-state index in [-0.39, 0.29) is 11.9 Å². The van der Waals surface area contributed by atoms with Gasteiger partial charge in [-0.15, -0.1) is 10.2 Å². The summed E-state index contributed by atoms with van der Waals surface area (Å²) in [5.41, 5.74) is 3.80. The summed E-state index contributed by atoms with van der Waals surface area (Å²) in [4.78, 5) is 4.62. The minimum Gasteiger partial charge on any atom is -0.444 e. The minimum atomic E-state index is -0.274. The molecule has 1 fully saturated rings. The molecule has 1 atom stereocenters. The van der Waals surface area contributed by atoms with Gasteiger partial charge in [-0.1, -0.05) is 29.5 Å². The van der Waals surface area contributed by atoms with E-state index in [1.165, 1.54) is 17.7 Å². The molecule has 4 aromatic rings. The predicted octanol–water partition coefficient (Wildman–Crippen LogP) is 5.52. The van der Waals surface area contributed by atoms with Crippen LogP contribution in [0.15, 0.2) is 64.4 Å². The second-order valence-corrected chi connectivity index (χ2v) is 8.80. The molecule has 6 nitrogen and oxygen atoms in total. The van der Waals surface area contributed by atoms with Gasteiger partial charge in [-0.2, -0.15) is 0 Å². The van der Waals surface area contributed by atoms with E-state index in [0.29, 0.717) is 24.0 Å². The fraction of sp³-hybridized carbons (Fsp3) is 0.292. The van der Waals surface area contributed by atoms with Gasteiger partial charge in [0.05, 0.1) is 18.3 Å². The lowest BCUT2D eigenvalue weighted by molar-refractivity contribution is 0.0953. The summed E-state index contributed by atoms with van der Waals surface area (Å²) in [5.74, 6) is 1.64. The number of thioether (sulfide) groups is 1. The Hall–Kier alpha value is -2.97. The zero-order chi connectivity index (χ0) is 21.9. The van der Waals surface area contributed by atoms with Crippen molar-refractivity contribution in [3.05, 3.63) is 71.9 Å². The van der Waals surface area contributed by atoms with E-state index in [9.17, 15) is 4.39 Å². The highest BCUT2D eigenvalue weighted by molar-refractivity contribution is 7.98.